The van der Waals surface area contributed by atoms with Gasteiger partial charge in [-0.1, -0.05) is 97.1 Å². The molecule has 0 saturated carbocycles. The lowest BCUT2D eigenvalue weighted by Crippen LogP contribution is -1.96. The van der Waals surface area contributed by atoms with Crippen molar-refractivity contribution in [1.82, 2.24) is 24.9 Å². The van der Waals surface area contributed by atoms with Crippen LogP contribution in [0.2, 0.25) is 0 Å². The molecule has 0 aliphatic rings. The van der Waals surface area contributed by atoms with Crippen LogP contribution in [-0.2, 0) is 0 Å². The minimum atomic E-state index is 0.695. The van der Waals surface area contributed by atoms with Gasteiger partial charge in [-0.2, -0.15) is 0 Å². The Morgan fingerprint density at radius 1 is 0.283 bits per heavy atom. The van der Waals surface area contributed by atoms with Crippen LogP contribution in [0.5, 0.6) is 0 Å². The quantitative estimate of drug-likeness (QED) is 0.193. The molecule has 0 spiro atoms. The molecule has 4 aromatic carbocycles. The van der Waals surface area contributed by atoms with Crippen LogP contribution in [0.1, 0.15) is 0 Å². The third-order valence-corrected chi connectivity index (χ3v) is 7.98. The number of hydrogen-bond acceptors (Lipinski definition) is 5. The fraction of sp³-hybridized carbons (Fsp3) is 0. The third-order valence-electron chi connectivity index (χ3n) is 7.98. The van der Waals surface area contributed by atoms with Gasteiger partial charge in [-0.15, -0.1) is 0 Å². The SMILES string of the molecule is c1ccc(-c2cc(-c3ccccc3)nc(-c3ccc4cc(-c5cc(-c6ccccn6)nc(-c6ccccn6)c5)ccc4c3)n2)cc1. The second-order valence-corrected chi connectivity index (χ2v) is 11.0. The highest BCUT2D eigenvalue weighted by Crippen LogP contribution is 2.33. The van der Waals surface area contributed by atoms with Crippen molar-refractivity contribution in [3.63, 3.8) is 0 Å². The first kappa shape index (κ1) is 27.2. The van der Waals surface area contributed by atoms with Crippen molar-refractivity contribution in [2.24, 2.45) is 0 Å². The zero-order chi connectivity index (χ0) is 30.7. The molecule has 4 aromatic heterocycles. The number of fused-ring (bicyclic) bond motifs is 1. The van der Waals surface area contributed by atoms with Gasteiger partial charge in [-0.3, -0.25) is 9.97 Å². The highest BCUT2D eigenvalue weighted by molar-refractivity contribution is 5.91. The predicted molar refractivity (Wildman–Crippen MR) is 186 cm³/mol. The normalized spacial score (nSPS) is 11.0. The van der Waals surface area contributed by atoms with Crippen molar-refractivity contribution in [2.75, 3.05) is 0 Å². The van der Waals surface area contributed by atoms with Gasteiger partial charge in [0.2, 0.25) is 0 Å². The average molecular weight is 590 g/mol. The summed E-state index contributed by atoms with van der Waals surface area (Å²) in [6.45, 7) is 0. The highest BCUT2D eigenvalue weighted by Gasteiger charge is 2.13. The maximum atomic E-state index is 5.02. The zero-order valence-corrected chi connectivity index (χ0v) is 24.8. The van der Waals surface area contributed by atoms with Crippen molar-refractivity contribution in [3.05, 3.63) is 164 Å². The molecular formula is C41H27N5. The first-order chi connectivity index (χ1) is 22.8. The Bertz CT molecular complexity index is 2010. The molecule has 0 N–H and O–H groups in total. The van der Waals surface area contributed by atoms with Crippen molar-refractivity contribution in [3.8, 4) is 67.8 Å². The minimum Gasteiger partial charge on any atom is -0.255 e. The van der Waals surface area contributed by atoms with Crippen LogP contribution in [0.25, 0.3) is 78.6 Å². The molecule has 216 valence electrons. The van der Waals surface area contributed by atoms with E-state index in [0.29, 0.717) is 5.82 Å². The molecule has 4 heterocycles. The van der Waals surface area contributed by atoms with E-state index >= 15 is 0 Å². The van der Waals surface area contributed by atoms with E-state index in [9.17, 15) is 0 Å². The maximum absolute atomic E-state index is 5.02. The molecule has 0 aliphatic heterocycles. The molecule has 5 nitrogen and oxygen atoms in total. The predicted octanol–water partition coefficient (Wildman–Crippen LogP) is 9.82. The second-order valence-electron chi connectivity index (χ2n) is 11.0. The molecule has 8 aromatic rings. The first-order valence-electron chi connectivity index (χ1n) is 15.2. The fourth-order valence-electron chi connectivity index (χ4n) is 5.64. The fourth-order valence-corrected chi connectivity index (χ4v) is 5.64. The Labute approximate surface area is 267 Å². The van der Waals surface area contributed by atoms with Gasteiger partial charge in [0.25, 0.3) is 0 Å². The van der Waals surface area contributed by atoms with Crippen LogP contribution in [0.3, 0.4) is 0 Å². The second kappa shape index (κ2) is 12.0. The number of pyridine rings is 3. The molecule has 0 saturated heterocycles. The Morgan fingerprint density at radius 3 is 1.30 bits per heavy atom. The number of benzene rings is 4. The van der Waals surface area contributed by atoms with Crippen LogP contribution in [-0.4, -0.2) is 24.9 Å². The van der Waals surface area contributed by atoms with Crippen LogP contribution in [0, 0.1) is 0 Å². The summed E-state index contributed by atoms with van der Waals surface area (Å²) in [5.74, 6) is 0.695. The standard InChI is InChI=1S/C41H27N5/c1-3-11-28(12-4-1)37-27-38(29-13-5-2-6-14-29)46-41(45-37)33-20-19-30-23-32(18-17-31(30)24-33)34-25-39(35-15-7-9-21-42-35)44-40(26-34)36-16-8-10-22-43-36/h1-27H. The first-order valence-corrected chi connectivity index (χ1v) is 15.2. The number of nitrogens with zero attached hydrogens (tertiary/aromatic N) is 5. The summed E-state index contributed by atoms with van der Waals surface area (Å²) in [6.07, 6.45) is 3.58. The summed E-state index contributed by atoms with van der Waals surface area (Å²) in [7, 11) is 0. The summed E-state index contributed by atoms with van der Waals surface area (Å²) in [4.78, 5) is 24.1. The Balaban J connectivity index is 1.21. The number of aromatic nitrogens is 5. The van der Waals surface area contributed by atoms with E-state index in [1.807, 2.05) is 72.8 Å². The summed E-state index contributed by atoms with van der Waals surface area (Å²) < 4.78 is 0. The zero-order valence-electron chi connectivity index (χ0n) is 24.8. The lowest BCUT2D eigenvalue weighted by atomic mass is 9.98. The van der Waals surface area contributed by atoms with E-state index in [1.165, 1.54) is 0 Å². The molecule has 0 atom stereocenters. The van der Waals surface area contributed by atoms with Crippen LogP contribution >= 0.6 is 0 Å². The van der Waals surface area contributed by atoms with Gasteiger partial charge in [0.05, 0.1) is 34.2 Å². The van der Waals surface area contributed by atoms with Crippen LogP contribution < -0.4 is 0 Å². The van der Waals surface area contributed by atoms with Crippen molar-refractivity contribution in [1.29, 1.82) is 0 Å². The lowest BCUT2D eigenvalue weighted by Gasteiger charge is -2.11. The summed E-state index contributed by atoms with van der Waals surface area (Å²) in [5, 5.41) is 2.24. The van der Waals surface area contributed by atoms with Crippen LogP contribution in [0.15, 0.2) is 164 Å². The third kappa shape index (κ3) is 5.53. The van der Waals surface area contributed by atoms with Gasteiger partial charge < -0.3 is 0 Å². The van der Waals surface area contributed by atoms with Crippen molar-refractivity contribution in [2.45, 2.75) is 0 Å². The van der Waals surface area contributed by atoms with E-state index in [4.69, 9.17) is 15.0 Å². The largest absolute Gasteiger partial charge is 0.255 e. The van der Waals surface area contributed by atoms with Crippen molar-refractivity contribution < 1.29 is 0 Å². The van der Waals surface area contributed by atoms with E-state index in [0.717, 1.165) is 72.8 Å². The topological polar surface area (TPSA) is 64.5 Å². The minimum absolute atomic E-state index is 0.695. The van der Waals surface area contributed by atoms with Gasteiger partial charge in [-0.05, 0) is 76.5 Å². The van der Waals surface area contributed by atoms with Gasteiger partial charge >= 0.3 is 0 Å². The Hall–Kier alpha value is -6.33. The molecule has 0 amide bonds. The average Bonchev–Trinajstić information content (AvgIpc) is 3.15. The summed E-state index contributed by atoms with van der Waals surface area (Å²) in [5.41, 5.74) is 10.3. The van der Waals surface area contributed by atoms with E-state index < -0.39 is 0 Å². The van der Waals surface area contributed by atoms with Crippen molar-refractivity contribution >= 4 is 10.8 Å². The van der Waals surface area contributed by atoms with E-state index in [-0.39, 0.29) is 0 Å². The van der Waals surface area contributed by atoms with Gasteiger partial charge in [0.1, 0.15) is 0 Å². The van der Waals surface area contributed by atoms with Gasteiger partial charge in [0, 0.05) is 29.1 Å². The van der Waals surface area contributed by atoms with Crippen LogP contribution in [0.4, 0.5) is 0 Å². The molecular weight excluding hydrogens is 562 g/mol. The van der Waals surface area contributed by atoms with E-state index in [2.05, 4.69) is 88.8 Å². The molecule has 0 unspecified atom stereocenters. The molecule has 0 aliphatic carbocycles. The number of hydrogen-bond donors (Lipinski definition) is 0. The monoisotopic (exact) mass is 589 g/mol. The highest BCUT2D eigenvalue weighted by atomic mass is 14.9. The van der Waals surface area contributed by atoms with Gasteiger partial charge in [-0.25, -0.2) is 15.0 Å². The number of rotatable bonds is 6. The van der Waals surface area contributed by atoms with Gasteiger partial charge in [0.15, 0.2) is 5.82 Å². The smallest absolute Gasteiger partial charge is 0.160 e. The summed E-state index contributed by atoms with van der Waals surface area (Å²) >= 11 is 0. The molecule has 0 fully saturated rings. The molecule has 5 heteroatoms. The lowest BCUT2D eigenvalue weighted by molar-refractivity contribution is 1.18. The maximum Gasteiger partial charge on any atom is 0.160 e. The molecule has 0 bridgehead atoms. The Morgan fingerprint density at radius 2 is 0.783 bits per heavy atom. The molecule has 46 heavy (non-hydrogen) atoms. The Kier molecular flexibility index (Phi) is 7.09. The molecule has 0 radical (unpaired) electrons. The summed E-state index contributed by atoms with van der Waals surface area (Å²) in [6, 6.07) is 51.5. The molecule has 8 rings (SSSR count). The van der Waals surface area contributed by atoms with E-state index in [1.54, 1.807) is 12.4 Å².